The van der Waals surface area contributed by atoms with Crippen LogP contribution in [-0.4, -0.2) is 16.4 Å². The van der Waals surface area contributed by atoms with Gasteiger partial charge in [0.1, 0.15) is 5.82 Å². The summed E-state index contributed by atoms with van der Waals surface area (Å²) >= 11 is 1.55. The van der Waals surface area contributed by atoms with Crippen molar-refractivity contribution < 1.29 is 4.39 Å². The minimum atomic E-state index is -0.175. The highest BCUT2D eigenvalue weighted by Gasteiger charge is 2.24. The van der Waals surface area contributed by atoms with E-state index >= 15 is 0 Å². The molecule has 0 radical (unpaired) electrons. The molecule has 1 unspecified atom stereocenters. The molecule has 0 aliphatic carbocycles. The first-order valence-electron chi connectivity index (χ1n) is 6.92. The highest BCUT2D eigenvalue weighted by atomic mass is 35.5. The number of likely N-dealkylation sites (tertiary alicyclic amines) is 1. The molecule has 0 bridgehead atoms. The van der Waals surface area contributed by atoms with Gasteiger partial charge in [-0.15, -0.1) is 23.7 Å². The molecule has 1 aliphatic heterocycles. The van der Waals surface area contributed by atoms with Crippen LogP contribution < -0.4 is 5.73 Å². The van der Waals surface area contributed by atoms with Crippen LogP contribution in [0.3, 0.4) is 0 Å². The molecule has 0 saturated carbocycles. The van der Waals surface area contributed by atoms with Crippen LogP contribution in [0.1, 0.15) is 35.7 Å². The van der Waals surface area contributed by atoms with Gasteiger partial charge in [0, 0.05) is 23.7 Å². The molecule has 2 aromatic rings. The summed E-state index contributed by atoms with van der Waals surface area (Å²) in [7, 11) is 0. The Morgan fingerprint density at radius 1 is 1.29 bits per heavy atom. The first-order chi connectivity index (χ1) is 9.72. The molecule has 21 heavy (non-hydrogen) atoms. The lowest BCUT2D eigenvalue weighted by Gasteiger charge is -2.35. The number of hydrogen-bond donors (Lipinski definition) is 1. The fraction of sp³-hybridized carbons (Fsp3) is 0.400. The maximum atomic E-state index is 13.1. The number of nitrogens with zero attached hydrogens (tertiary/aromatic N) is 2. The number of nitrogens with two attached hydrogens (primary N) is 1. The van der Waals surface area contributed by atoms with E-state index in [2.05, 4.69) is 9.88 Å². The summed E-state index contributed by atoms with van der Waals surface area (Å²) in [6, 6.07) is 7.27. The molecule has 1 fully saturated rings. The third kappa shape index (κ3) is 3.93. The Bertz CT molecular complexity index is 573. The zero-order valence-corrected chi connectivity index (χ0v) is 13.3. The molecule has 1 saturated heterocycles. The summed E-state index contributed by atoms with van der Waals surface area (Å²) < 4.78 is 13.1. The van der Waals surface area contributed by atoms with Gasteiger partial charge in [-0.3, -0.25) is 4.90 Å². The van der Waals surface area contributed by atoms with Crippen LogP contribution in [-0.2, 0) is 6.54 Å². The standard InChI is InChI=1S/C15H18FN3S.ClH/c16-12-6-4-11(5-7-12)14-3-1-2-8-19(14)10-13-9-18-15(17)20-13;/h4-7,9,14H,1-3,8,10H2,(H2,17,18);1H. The summed E-state index contributed by atoms with van der Waals surface area (Å²) in [5, 5.41) is 0.621. The normalized spacial score (nSPS) is 19.2. The number of halogens is 2. The van der Waals surface area contributed by atoms with Crippen LogP contribution >= 0.6 is 23.7 Å². The second kappa shape index (κ2) is 7.20. The van der Waals surface area contributed by atoms with Crippen molar-refractivity contribution in [2.75, 3.05) is 12.3 Å². The molecular formula is C15H19ClFN3S. The number of anilines is 1. The van der Waals surface area contributed by atoms with E-state index in [0.717, 1.165) is 19.5 Å². The zero-order valence-electron chi connectivity index (χ0n) is 11.7. The van der Waals surface area contributed by atoms with E-state index in [1.54, 1.807) is 23.5 Å². The first-order valence-corrected chi connectivity index (χ1v) is 7.74. The molecule has 2 N–H and O–H groups in total. The molecule has 114 valence electrons. The lowest BCUT2D eigenvalue weighted by molar-refractivity contribution is 0.141. The quantitative estimate of drug-likeness (QED) is 0.926. The zero-order chi connectivity index (χ0) is 13.9. The molecule has 1 aliphatic rings. The maximum absolute atomic E-state index is 13.1. The van der Waals surface area contributed by atoms with Gasteiger partial charge in [0.2, 0.25) is 0 Å². The van der Waals surface area contributed by atoms with Crippen molar-refractivity contribution in [2.45, 2.75) is 31.8 Å². The molecule has 3 nitrogen and oxygen atoms in total. The Balaban J connectivity index is 0.00000161. The molecular weight excluding hydrogens is 309 g/mol. The Kier molecular flexibility index (Phi) is 5.56. The molecule has 1 aromatic carbocycles. The summed E-state index contributed by atoms with van der Waals surface area (Å²) in [5.74, 6) is -0.175. The second-order valence-corrected chi connectivity index (χ2v) is 6.35. The van der Waals surface area contributed by atoms with Gasteiger partial charge in [0.15, 0.2) is 5.13 Å². The third-order valence-electron chi connectivity index (χ3n) is 3.80. The number of aromatic nitrogens is 1. The van der Waals surface area contributed by atoms with E-state index in [9.17, 15) is 4.39 Å². The highest BCUT2D eigenvalue weighted by molar-refractivity contribution is 7.15. The average Bonchev–Trinajstić information content (AvgIpc) is 2.86. The van der Waals surface area contributed by atoms with Crippen LogP contribution in [0.5, 0.6) is 0 Å². The summed E-state index contributed by atoms with van der Waals surface area (Å²) in [4.78, 5) is 7.75. The molecule has 1 atom stereocenters. The van der Waals surface area contributed by atoms with Gasteiger partial charge in [0.05, 0.1) is 0 Å². The Morgan fingerprint density at radius 2 is 2.05 bits per heavy atom. The number of thiazole rings is 1. The number of nitrogen functional groups attached to an aromatic ring is 1. The fourth-order valence-corrected chi connectivity index (χ4v) is 3.55. The SMILES string of the molecule is Cl.Nc1ncc(CN2CCCCC2c2ccc(F)cc2)s1. The number of benzene rings is 1. The van der Waals surface area contributed by atoms with Gasteiger partial charge in [-0.1, -0.05) is 18.6 Å². The molecule has 0 spiro atoms. The Labute approximate surface area is 134 Å². The number of piperidine rings is 1. The first kappa shape index (κ1) is 16.2. The summed E-state index contributed by atoms with van der Waals surface area (Å²) in [5.41, 5.74) is 6.89. The monoisotopic (exact) mass is 327 g/mol. The van der Waals surface area contributed by atoms with Crippen LogP contribution in [0.25, 0.3) is 0 Å². The third-order valence-corrected chi connectivity index (χ3v) is 4.61. The average molecular weight is 328 g/mol. The molecule has 6 heteroatoms. The minimum Gasteiger partial charge on any atom is -0.375 e. The number of rotatable bonds is 3. The van der Waals surface area contributed by atoms with E-state index in [1.165, 1.54) is 23.3 Å². The van der Waals surface area contributed by atoms with E-state index in [-0.39, 0.29) is 18.2 Å². The van der Waals surface area contributed by atoms with E-state index in [1.807, 2.05) is 18.3 Å². The Morgan fingerprint density at radius 3 is 2.71 bits per heavy atom. The number of hydrogen-bond acceptors (Lipinski definition) is 4. The van der Waals surface area contributed by atoms with Crippen LogP contribution in [0, 0.1) is 5.82 Å². The van der Waals surface area contributed by atoms with Crippen LogP contribution in [0.4, 0.5) is 9.52 Å². The van der Waals surface area contributed by atoms with Crippen molar-refractivity contribution in [3.8, 4) is 0 Å². The smallest absolute Gasteiger partial charge is 0.180 e. The summed E-state index contributed by atoms with van der Waals surface area (Å²) in [6.45, 7) is 1.94. The van der Waals surface area contributed by atoms with Gasteiger partial charge in [-0.2, -0.15) is 0 Å². The van der Waals surface area contributed by atoms with Crippen molar-refractivity contribution >= 4 is 28.9 Å². The van der Waals surface area contributed by atoms with E-state index < -0.39 is 0 Å². The van der Waals surface area contributed by atoms with Gasteiger partial charge in [-0.05, 0) is 37.1 Å². The molecule has 1 aromatic heterocycles. The van der Waals surface area contributed by atoms with Gasteiger partial charge in [0.25, 0.3) is 0 Å². The van der Waals surface area contributed by atoms with Gasteiger partial charge >= 0.3 is 0 Å². The lowest BCUT2D eigenvalue weighted by Crippen LogP contribution is -2.32. The summed E-state index contributed by atoms with van der Waals surface area (Å²) in [6.07, 6.45) is 5.42. The van der Waals surface area contributed by atoms with Crippen LogP contribution in [0.2, 0.25) is 0 Å². The minimum absolute atomic E-state index is 0. The maximum Gasteiger partial charge on any atom is 0.180 e. The molecule has 0 amide bonds. The van der Waals surface area contributed by atoms with Crippen molar-refractivity contribution in [3.63, 3.8) is 0 Å². The van der Waals surface area contributed by atoms with Gasteiger partial charge < -0.3 is 5.73 Å². The van der Waals surface area contributed by atoms with Crippen molar-refractivity contribution in [1.82, 2.24) is 9.88 Å². The Hall–Kier alpha value is -1.17. The second-order valence-electron chi connectivity index (χ2n) is 5.20. The van der Waals surface area contributed by atoms with Crippen LogP contribution in [0.15, 0.2) is 30.5 Å². The molecule has 2 heterocycles. The van der Waals surface area contributed by atoms with Gasteiger partial charge in [-0.25, -0.2) is 9.37 Å². The topological polar surface area (TPSA) is 42.1 Å². The molecule has 3 rings (SSSR count). The van der Waals surface area contributed by atoms with Crippen molar-refractivity contribution in [3.05, 3.63) is 46.7 Å². The predicted octanol–water partition coefficient (Wildman–Crippen LogP) is 4.01. The fourth-order valence-electron chi connectivity index (χ4n) is 2.84. The lowest BCUT2D eigenvalue weighted by atomic mass is 9.95. The van der Waals surface area contributed by atoms with Crippen molar-refractivity contribution in [2.24, 2.45) is 0 Å². The highest BCUT2D eigenvalue weighted by Crippen LogP contribution is 2.33. The largest absolute Gasteiger partial charge is 0.375 e. The van der Waals surface area contributed by atoms with Crippen molar-refractivity contribution in [1.29, 1.82) is 0 Å². The van der Waals surface area contributed by atoms with E-state index in [4.69, 9.17) is 5.73 Å². The predicted molar refractivity (Wildman–Crippen MR) is 87.2 cm³/mol. The van der Waals surface area contributed by atoms with E-state index in [0.29, 0.717) is 11.2 Å².